The highest BCUT2D eigenvalue weighted by Gasteiger charge is 2.41. The second-order valence-corrected chi connectivity index (χ2v) is 8.22. The lowest BCUT2D eigenvalue weighted by atomic mass is 10.3. The van der Waals surface area contributed by atoms with E-state index in [-0.39, 0.29) is 19.5 Å². The number of anilines is 2. The number of carbonyl (C=O) groups is 1. The van der Waals surface area contributed by atoms with E-state index < -0.39 is 0 Å². The summed E-state index contributed by atoms with van der Waals surface area (Å²) < 4.78 is 10.7. The monoisotopic (exact) mass is 572 g/mol. The Hall–Kier alpha value is -3.25. The molecule has 0 N–H and O–H groups in total. The molecule has 0 radical (unpaired) electrons. The van der Waals surface area contributed by atoms with Crippen LogP contribution in [0.3, 0.4) is 0 Å². The fourth-order valence-electron chi connectivity index (χ4n) is 4.19. The molecule has 0 bridgehead atoms. The summed E-state index contributed by atoms with van der Waals surface area (Å²) in [6.07, 6.45) is 0. The molecule has 4 saturated heterocycles. The molecule has 0 saturated carbocycles. The lowest BCUT2D eigenvalue weighted by molar-refractivity contribution is -0.0913. The van der Waals surface area contributed by atoms with Gasteiger partial charge in [0.25, 0.3) is 0 Å². The third-order valence-electron chi connectivity index (χ3n) is 5.87. The van der Waals surface area contributed by atoms with Crippen molar-refractivity contribution in [1.82, 2.24) is 20.0 Å². The first-order valence-corrected chi connectivity index (χ1v) is 13.4. The molecule has 39 heavy (non-hydrogen) atoms. The number of benzene rings is 2. The molecule has 6 rings (SSSR count). The van der Waals surface area contributed by atoms with Crippen molar-refractivity contribution in [3.8, 4) is 0 Å². The fourth-order valence-corrected chi connectivity index (χ4v) is 4.56. The first kappa shape index (κ1) is 32.0. The number of hydrazine groups is 2. The Morgan fingerprint density at radius 1 is 0.667 bits per heavy atom. The van der Waals surface area contributed by atoms with Crippen molar-refractivity contribution in [2.24, 2.45) is 0 Å². The number of ether oxygens (including phenoxy) is 2. The van der Waals surface area contributed by atoms with Crippen molar-refractivity contribution < 1.29 is 14.3 Å². The quantitative estimate of drug-likeness (QED) is 0.435. The van der Waals surface area contributed by atoms with Crippen LogP contribution in [-0.4, -0.2) is 70.9 Å². The standard InChI is InChI=1S/C12H13N3O2.C12H13N3OS.2C2H6.H2S/c1-10-13-7-8-17-9-14(13)12(16)15(10)11-5-3-2-4-6-11;1-10-13-7-8-16-9-14(13)12(17)15(10)11-5-3-2-4-6-11;2*1-2;/h2*2-6H,1,7-9H2;2*1-2H3;1H2. The summed E-state index contributed by atoms with van der Waals surface area (Å²) in [6, 6.07) is 19.4. The van der Waals surface area contributed by atoms with E-state index in [0.717, 1.165) is 28.9 Å². The second kappa shape index (κ2) is 15.4. The van der Waals surface area contributed by atoms with Gasteiger partial charge in [0.1, 0.15) is 25.1 Å². The highest BCUT2D eigenvalue weighted by molar-refractivity contribution is 7.80. The van der Waals surface area contributed by atoms with Gasteiger partial charge in [0.05, 0.1) is 32.0 Å². The van der Waals surface area contributed by atoms with Gasteiger partial charge in [-0.25, -0.2) is 19.7 Å². The Morgan fingerprint density at radius 2 is 1.08 bits per heavy atom. The van der Waals surface area contributed by atoms with Crippen molar-refractivity contribution >= 4 is 48.2 Å². The summed E-state index contributed by atoms with van der Waals surface area (Å²) in [7, 11) is 0. The lowest BCUT2D eigenvalue weighted by Gasteiger charge is -2.32. The first-order valence-electron chi connectivity index (χ1n) is 13.0. The van der Waals surface area contributed by atoms with Crippen molar-refractivity contribution in [2.75, 3.05) is 49.6 Å². The van der Waals surface area contributed by atoms with E-state index in [2.05, 4.69) is 18.2 Å². The number of fused-ring (bicyclic) bond motifs is 2. The van der Waals surface area contributed by atoms with Gasteiger partial charge in [-0.15, -0.1) is 0 Å². The molecule has 0 spiro atoms. The summed E-state index contributed by atoms with van der Waals surface area (Å²) in [4.78, 5) is 15.8. The Kier molecular flexibility index (Phi) is 12.6. The van der Waals surface area contributed by atoms with Crippen LogP contribution in [0.25, 0.3) is 0 Å². The maximum Gasteiger partial charge on any atom is 0.351 e. The number of rotatable bonds is 2. The van der Waals surface area contributed by atoms with Crippen molar-refractivity contribution in [1.29, 1.82) is 0 Å². The number of hydrogen-bond donors (Lipinski definition) is 0. The molecular formula is C28H40N6O3S2. The van der Waals surface area contributed by atoms with Crippen molar-refractivity contribution in [2.45, 2.75) is 27.7 Å². The number of carbonyl (C=O) groups excluding carboxylic acids is 1. The number of nitrogens with zero attached hydrogens (tertiary/aromatic N) is 6. The van der Waals surface area contributed by atoms with Crippen molar-refractivity contribution in [3.05, 3.63) is 85.5 Å². The maximum atomic E-state index is 12.2. The second-order valence-electron chi connectivity index (χ2n) is 7.86. The third-order valence-corrected chi connectivity index (χ3v) is 6.26. The SMILES string of the molecule is C=C1N(c2ccccc2)C(=O)N2COCCN12.C=C1N(c2ccccc2)C(=S)N2COCCN12.CC.CC.S. The zero-order chi connectivity index (χ0) is 27.7. The van der Waals surface area contributed by atoms with E-state index >= 15 is 0 Å². The summed E-state index contributed by atoms with van der Waals surface area (Å²) in [5, 5.41) is 8.16. The van der Waals surface area contributed by atoms with E-state index in [1.165, 1.54) is 0 Å². The molecule has 0 aliphatic carbocycles. The highest BCUT2D eigenvalue weighted by atomic mass is 32.1. The largest absolute Gasteiger partial charge is 0.357 e. The van der Waals surface area contributed by atoms with Crippen LogP contribution in [0.4, 0.5) is 16.2 Å². The Labute approximate surface area is 244 Å². The molecule has 9 nitrogen and oxygen atoms in total. The number of para-hydroxylation sites is 2. The van der Waals surface area contributed by atoms with Crippen LogP contribution in [0.15, 0.2) is 85.5 Å². The average Bonchev–Trinajstić information content (AvgIpc) is 3.41. The summed E-state index contributed by atoms with van der Waals surface area (Å²) in [6.45, 7) is 19.7. The molecule has 0 atom stereocenters. The summed E-state index contributed by atoms with van der Waals surface area (Å²) in [5.74, 6) is 1.58. The topological polar surface area (TPSA) is 55.0 Å². The molecule has 0 unspecified atom stereocenters. The van der Waals surface area contributed by atoms with Gasteiger partial charge in [-0.05, 0) is 36.5 Å². The number of amides is 2. The van der Waals surface area contributed by atoms with Crippen LogP contribution in [0.1, 0.15) is 27.7 Å². The van der Waals surface area contributed by atoms with Gasteiger partial charge in [0.2, 0.25) is 5.11 Å². The van der Waals surface area contributed by atoms with Crippen LogP contribution in [0, 0.1) is 0 Å². The highest BCUT2D eigenvalue weighted by Crippen LogP contribution is 2.32. The van der Waals surface area contributed by atoms with E-state index in [0.29, 0.717) is 39.0 Å². The molecular weight excluding hydrogens is 532 g/mol. The lowest BCUT2D eigenvalue weighted by Crippen LogP contribution is -2.45. The molecule has 4 aliphatic heterocycles. The molecule has 212 valence electrons. The Morgan fingerprint density at radius 3 is 1.54 bits per heavy atom. The van der Waals surface area contributed by atoms with Gasteiger partial charge in [0.15, 0.2) is 0 Å². The Bertz CT molecular complexity index is 969. The molecule has 4 aliphatic rings. The summed E-state index contributed by atoms with van der Waals surface area (Å²) >= 11 is 5.47. The minimum Gasteiger partial charge on any atom is -0.357 e. The molecule has 4 heterocycles. The molecule has 11 heteroatoms. The van der Waals surface area contributed by atoms with Gasteiger partial charge in [-0.1, -0.05) is 77.3 Å². The number of thiocarbonyl (C=S) groups is 1. The van der Waals surface area contributed by atoms with E-state index in [1.54, 1.807) is 9.91 Å². The van der Waals surface area contributed by atoms with Gasteiger partial charge < -0.3 is 9.47 Å². The number of urea groups is 1. The predicted molar refractivity (Wildman–Crippen MR) is 166 cm³/mol. The van der Waals surface area contributed by atoms with Crippen LogP contribution in [-0.2, 0) is 9.47 Å². The van der Waals surface area contributed by atoms with Crippen LogP contribution >= 0.6 is 25.7 Å². The van der Waals surface area contributed by atoms with Crippen molar-refractivity contribution in [3.63, 3.8) is 0 Å². The average molecular weight is 573 g/mol. The first-order chi connectivity index (χ1) is 18.6. The normalized spacial score (nSPS) is 17.6. The predicted octanol–water partition coefficient (Wildman–Crippen LogP) is 5.54. The van der Waals surface area contributed by atoms with E-state index in [9.17, 15) is 4.79 Å². The molecule has 0 aromatic heterocycles. The van der Waals surface area contributed by atoms with E-state index in [4.69, 9.17) is 21.7 Å². The molecule has 2 aromatic rings. The van der Waals surface area contributed by atoms with Gasteiger partial charge >= 0.3 is 6.03 Å². The maximum absolute atomic E-state index is 12.2. The van der Waals surface area contributed by atoms with Crippen LogP contribution in [0.5, 0.6) is 0 Å². The Balaban J connectivity index is 0.000000238. The molecule has 2 aromatic carbocycles. The minimum atomic E-state index is -0.110. The van der Waals surface area contributed by atoms with Crippen LogP contribution in [0.2, 0.25) is 0 Å². The number of hydrogen-bond acceptors (Lipinski definition) is 6. The minimum absolute atomic E-state index is 0. The fraction of sp³-hybridized carbons (Fsp3) is 0.357. The zero-order valence-corrected chi connectivity index (χ0v) is 25.1. The van der Waals surface area contributed by atoms with Gasteiger partial charge in [0, 0.05) is 5.69 Å². The molecule has 4 fully saturated rings. The third kappa shape index (κ3) is 6.67. The molecule has 2 amide bonds. The van der Waals surface area contributed by atoms with E-state index in [1.807, 2.05) is 103 Å². The van der Waals surface area contributed by atoms with Gasteiger partial charge in [-0.2, -0.15) is 13.5 Å². The van der Waals surface area contributed by atoms with Crippen LogP contribution < -0.4 is 9.80 Å². The van der Waals surface area contributed by atoms with Gasteiger partial charge in [-0.3, -0.25) is 14.9 Å². The smallest absolute Gasteiger partial charge is 0.351 e. The zero-order valence-electron chi connectivity index (χ0n) is 23.2. The summed E-state index contributed by atoms with van der Waals surface area (Å²) in [5.41, 5.74) is 1.87.